The number of fused-ring (bicyclic) bond motifs is 3. The molecule has 0 spiro atoms. The number of piperidine rings is 1. The maximum atomic E-state index is 9.93. The number of anilines is 1. The molecule has 4 nitrogen and oxygen atoms in total. The van der Waals surface area contributed by atoms with Gasteiger partial charge in [-0.05, 0) is 51.4 Å². The van der Waals surface area contributed by atoms with Crippen molar-refractivity contribution >= 4 is 5.82 Å². The van der Waals surface area contributed by atoms with Gasteiger partial charge in [0.25, 0.3) is 0 Å². The lowest BCUT2D eigenvalue weighted by molar-refractivity contribution is 0.126. The van der Waals surface area contributed by atoms with Gasteiger partial charge in [0.1, 0.15) is 12.1 Å². The minimum atomic E-state index is -0.105. The third-order valence-electron chi connectivity index (χ3n) is 5.05. The second kappa shape index (κ2) is 4.44. The molecule has 2 fully saturated rings. The lowest BCUT2D eigenvalue weighted by Crippen LogP contribution is -2.45. The molecule has 0 amide bonds. The summed E-state index contributed by atoms with van der Waals surface area (Å²) in [4.78, 5) is 11.6. The minimum Gasteiger partial charge on any atom is -0.393 e. The van der Waals surface area contributed by atoms with Crippen LogP contribution in [0.2, 0.25) is 0 Å². The predicted molar refractivity (Wildman–Crippen MR) is 73.2 cm³/mol. The molecule has 0 saturated carbocycles. The standard InChI is InChI=1S/C15H21N3O/c19-12-7-10-5-6-11(8-12)18(10)15-13-3-1-2-4-14(13)16-9-17-15/h9-12,19H,1-8H2. The van der Waals surface area contributed by atoms with Crippen molar-refractivity contribution in [2.24, 2.45) is 0 Å². The first-order valence-electron chi connectivity index (χ1n) is 7.62. The van der Waals surface area contributed by atoms with E-state index in [1.807, 2.05) is 0 Å². The summed E-state index contributed by atoms with van der Waals surface area (Å²) in [7, 11) is 0. The van der Waals surface area contributed by atoms with Crippen molar-refractivity contribution < 1.29 is 5.11 Å². The Balaban J connectivity index is 1.73. The van der Waals surface area contributed by atoms with Crippen molar-refractivity contribution in [3.8, 4) is 0 Å². The van der Waals surface area contributed by atoms with E-state index in [4.69, 9.17) is 0 Å². The molecule has 4 heteroatoms. The third-order valence-corrected chi connectivity index (χ3v) is 5.05. The van der Waals surface area contributed by atoms with E-state index in [0.717, 1.165) is 25.7 Å². The number of nitrogens with zero attached hydrogens (tertiary/aromatic N) is 3. The van der Waals surface area contributed by atoms with Crippen LogP contribution in [0.1, 0.15) is 49.8 Å². The molecule has 1 aliphatic carbocycles. The smallest absolute Gasteiger partial charge is 0.135 e. The van der Waals surface area contributed by atoms with E-state index in [1.54, 1.807) is 6.33 Å². The number of hydrogen-bond donors (Lipinski definition) is 1. The van der Waals surface area contributed by atoms with Gasteiger partial charge in [-0.1, -0.05) is 0 Å². The normalized spacial score (nSPS) is 33.3. The quantitative estimate of drug-likeness (QED) is 0.836. The molecule has 2 unspecified atom stereocenters. The summed E-state index contributed by atoms with van der Waals surface area (Å²) >= 11 is 0. The van der Waals surface area contributed by atoms with E-state index in [2.05, 4.69) is 14.9 Å². The molecule has 3 heterocycles. The number of aromatic nitrogens is 2. The average Bonchev–Trinajstić information content (AvgIpc) is 2.70. The van der Waals surface area contributed by atoms with E-state index in [9.17, 15) is 5.11 Å². The highest BCUT2D eigenvalue weighted by atomic mass is 16.3. The Morgan fingerprint density at radius 1 is 1.05 bits per heavy atom. The first-order chi connectivity index (χ1) is 9.33. The van der Waals surface area contributed by atoms with Gasteiger partial charge in [0.15, 0.2) is 0 Å². The summed E-state index contributed by atoms with van der Waals surface area (Å²) in [6.45, 7) is 0. The molecule has 1 aromatic heterocycles. The van der Waals surface area contributed by atoms with Crippen molar-refractivity contribution in [1.29, 1.82) is 0 Å². The number of aryl methyl sites for hydroxylation is 1. The zero-order chi connectivity index (χ0) is 12.8. The van der Waals surface area contributed by atoms with E-state index < -0.39 is 0 Å². The SMILES string of the molecule is OC1CC2CCC(C1)N2c1ncnc2c1CCCC2. The summed E-state index contributed by atoms with van der Waals surface area (Å²) in [6, 6.07) is 0.990. The summed E-state index contributed by atoms with van der Waals surface area (Å²) in [5.74, 6) is 1.18. The second-order valence-electron chi connectivity index (χ2n) is 6.25. The Hall–Kier alpha value is -1.16. The molecule has 0 aromatic carbocycles. The summed E-state index contributed by atoms with van der Waals surface area (Å²) in [5, 5.41) is 9.93. The van der Waals surface area contributed by atoms with Gasteiger partial charge in [-0.2, -0.15) is 0 Å². The van der Waals surface area contributed by atoms with E-state index in [0.29, 0.717) is 12.1 Å². The lowest BCUT2D eigenvalue weighted by atomic mass is 9.94. The van der Waals surface area contributed by atoms with Crippen LogP contribution in [-0.2, 0) is 12.8 Å². The Morgan fingerprint density at radius 2 is 1.79 bits per heavy atom. The third kappa shape index (κ3) is 1.84. The number of aliphatic hydroxyl groups excluding tert-OH is 1. The van der Waals surface area contributed by atoms with Crippen LogP contribution in [-0.4, -0.2) is 33.3 Å². The molecule has 2 aliphatic heterocycles. The van der Waals surface area contributed by atoms with Crippen molar-refractivity contribution in [3.63, 3.8) is 0 Å². The van der Waals surface area contributed by atoms with Gasteiger partial charge in [-0.25, -0.2) is 9.97 Å². The average molecular weight is 259 g/mol. The molecule has 3 aliphatic rings. The summed E-state index contributed by atoms with van der Waals surface area (Å²) in [5.41, 5.74) is 2.66. The zero-order valence-corrected chi connectivity index (χ0v) is 11.3. The molecule has 2 saturated heterocycles. The van der Waals surface area contributed by atoms with Crippen LogP contribution in [0, 0.1) is 0 Å². The second-order valence-corrected chi connectivity index (χ2v) is 6.25. The molecule has 19 heavy (non-hydrogen) atoms. The summed E-state index contributed by atoms with van der Waals surface area (Å²) < 4.78 is 0. The highest BCUT2D eigenvalue weighted by Gasteiger charge is 2.41. The molecule has 0 radical (unpaired) electrons. The van der Waals surface area contributed by atoms with E-state index in [1.165, 1.54) is 42.8 Å². The highest BCUT2D eigenvalue weighted by molar-refractivity contribution is 5.53. The van der Waals surface area contributed by atoms with E-state index >= 15 is 0 Å². The minimum absolute atomic E-state index is 0.105. The Bertz CT molecular complexity index is 476. The van der Waals surface area contributed by atoms with Gasteiger partial charge in [0, 0.05) is 23.3 Å². The topological polar surface area (TPSA) is 49.2 Å². The molecule has 102 valence electrons. The fourth-order valence-electron chi connectivity index (χ4n) is 4.22. The molecule has 2 bridgehead atoms. The molecular weight excluding hydrogens is 238 g/mol. The molecule has 1 aromatic rings. The van der Waals surface area contributed by atoms with Crippen molar-refractivity contribution in [3.05, 3.63) is 17.6 Å². The monoisotopic (exact) mass is 259 g/mol. The fourth-order valence-corrected chi connectivity index (χ4v) is 4.22. The molecule has 4 rings (SSSR count). The summed E-state index contributed by atoms with van der Waals surface area (Å²) in [6.07, 6.45) is 10.6. The van der Waals surface area contributed by atoms with Crippen LogP contribution in [0.15, 0.2) is 6.33 Å². The van der Waals surface area contributed by atoms with Gasteiger partial charge in [-0.15, -0.1) is 0 Å². The Kier molecular flexibility index (Phi) is 2.72. The zero-order valence-electron chi connectivity index (χ0n) is 11.3. The first kappa shape index (κ1) is 11.6. The van der Waals surface area contributed by atoms with Gasteiger partial charge in [0.05, 0.1) is 6.10 Å². The number of rotatable bonds is 1. The Morgan fingerprint density at radius 3 is 2.58 bits per heavy atom. The van der Waals surface area contributed by atoms with Gasteiger partial charge in [0.2, 0.25) is 0 Å². The molecule has 2 atom stereocenters. The van der Waals surface area contributed by atoms with Gasteiger partial charge < -0.3 is 10.0 Å². The Labute approximate surface area is 113 Å². The van der Waals surface area contributed by atoms with Crippen molar-refractivity contribution in [1.82, 2.24) is 9.97 Å². The van der Waals surface area contributed by atoms with Crippen LogP contribution < -0.4 is 4.90 Å². The number of hydrogen-bond acceptors (Lipinski definition) is 4. The van der Waals surface area contributed by atoms with Crippen molar-refractivity contribution in [2.75, 3.05) is 4.90 Å². The highest BCUT2D eigenvalue weighted by Crippen LogP contribution is 2.41. The van der Waals surface area contributed by atoms with Crippen LogP contribution in [0.5, 0.6) is 0 Å². The van der Waals surface area contributed by atoms with E-state index in [-0.39, 0.29) is 6.10 Å². The molecule has 1 N–H and O–H groups in total. The number of aliphatic hydroxyl groups is 1. The lowest BCUT2D eigenvalue weighted by Gasteiger charge is -2.39. The maximum Gasteiger partial charge on any atom is 0.135 e. The predicted octanol–water partition coefficient (Wildman–Crippen LogP) is 1.85. The first-order valence-corrected chi connectivity index (χ1v) is 7.62. The maximum absolute atomic E-state index is 9.93. The van der Waals surface area contributed by atoms with Gasteiger partial charge >= 0.3 is 0 Å². The van der Waals surface area contributed by atoms with Crippen LogP contribution in [0.25, 0.3) is 0 Å². The van der Waals surface area contributed by atoms with Crippen LogP contribution in [0.4, 0.5) is 5.82 Å². The van der Waals surface area contributed by atoms with Gasteiger partial charge in [-0.3, -0.25) is 0 Å². The van der Waals surface area contributed by atoms with Crippen LogP contribution >= 0.6 is 0 Å². The van der Waals surface area contributed by atoms with Crippen molar-refractivity contribution in [2.45, 2.75) is 69.6 Å². The van der Waals surface area contributed by atoms with Crippen LogP contribution in [0.3, 0.4) is 0 Å². The fraction of sp³-hybridized carbons (Fsp3) is 0.733. The largest absolute Gasteiger partial charge is 0.393 e. The molecular formula is C15H21N3O.